The number of ether oxygens (including phenoxy) is 3. The van der Waals surface area contributed by atoms with Crippen LogP contribution in [0.4, 0.5) is 8.78 Å². The number of carbonyl (C=O) groups excluding carboxylic acids is 1. The van der Waals surface area contributed by atoms with Crippen LogP contribution in [-0.2, 0) is 6.54 Å². The van der Waals surface area contributed by atoms with Gasteiger partial charge in [0, 0.05) is 44.4 Å². The minimum atomic E-state index is -0.840. The minimum absolute atomic E-state index is 0.110. The van der Waals surface area contributed by atoms with Gasteiger partial charge >= 0.3 is 0 Å². The fourth-order valence-corrected chi connectivity index (χ4v) is 3.47. The van der Waals surface area contributed by atoms with Crippen LogP contribution in [-0.4, -0.2) is 63.2 Å². The van der Waals surface area contributed by atoms with E-state index in [9.17, 15) is 13.6 Å². The molecule has 2 aromatic carbocycles. The van der Waals surface area contributed by atoms with Crippen LogP contribution in [0.2, 0.25) is 0 Å². The average Bonchev–Trinajstić information content (AvgIpc) is 2.73. The molecular weight excluding hydrogens is 382 g/mol. The number of benzene rings is 2. The van der Waals surface area contributed by atoms with Gasteiger partial charge in [0.1, 0.15) is 11.6 Å². The van der Waals surface area contributed by atoms with E-state index in [1.807, 2.05) is 12.1 Å². The Hall–Kier alpha value is -2.87. The third-order valence-electron chi connectivity index (χ3n) is 5.00. The van der Waals surface area contributed by atoms with Crippen LogP contribution in [0.25, 0.3) is 0 Å². The van der Waals surface area contributed by atoms with Crippen molar-refractivity contribution >= 4 is 5.91 Å². The molecule has 1 aliphatic rings. The zero-order chi connectivity index (χ0) is 21.0. The standard InChI is InChI=1S/C21H24F2N2O4/c1-27-18-7-4-14(19(28-2)20(18)29-3)13-24-8-10-25(11-9-24)21(26)16-6-5-15(22)12-17(16)23/h4-7,12H,8-11,13H2,1-3H3. The second-order valence-corrected chi connectivity index (χ2v) is 6.69. The monoisotopic (exact) mass is 406 g/mol. The molecule has 0 atom stereocenters. The third-order valence-corrected chi connectivity index (χ3v) is 5.00. The van der Waals surface area contributed by atoms with Gasteiger partial charge < -0.3 is 19.1 Å². The van der Waals surface area contributed by atoms with E-state index in [-0.39, 0.29) is 5.56 Å². The highest BCUT2D eigenvalue weighted by molar-refractivity contribution is 5.94. The molecule has 156 valence electrons. The van der Waals surface area contributed by atoms with Gasteiger partial charge in [-0.05, 0) is 18.2 Å². The largest absolute Gasteiger partial charge is 0.493 e. The van der Waals surface area contributed by atoms with Gasteiger partial charge in [-0.2, -0.15) is 0 Å². The highest BCUT2D eigenvalue weighted by atomic mass is 19.1. The SMILES string of the molecule is COc1ccc(CN2CCN(C(=O)c3ccc(F)cc3F)CC2)c(OC)c1OC. The zero-order valence-corrected chi connectivity index (χ0v) is 16.7. The van der Waals surface area contributed by atoms with E-state index in [4.69, 9.17) is 14.2 Å². The lowest BCUT2D eigenvalue weighted by Crippen LogP contribution is -2.48. The number of hydrogen-bond donors (Lipinski definition) is 0. The highest BCUT2D eigenvalue weighted by Gasteiger charge is 2.25. The van der Waals surface area contributed by atoms with Crippen LogP contribution in [0, 0.1) is 11.6 Å². The molecule has 8 heteroatoms. The second kappa shape index (κ2) is 9.09. The molecule has 1 fully saturated rings. The maximum absolute atomic E-state index is 13.9. The van der Waals surface area contributed by atoms with Gasteiger partial charge in [0.05, 0.1) is 26.9 Å². The number of carbonyl (C=O) groups is 1. The molecule has 0 aliphatic carbocycles. The summed E-state index contributed by atoms with van der Waals surface area (Å²) >= 11 is 0. The molecule has 6 nitrogen and oxygen atoms in total. The Morgan fingerprint density at radius 3 is 2.21 bits per heavy atom. The number of rotatable bonds is 6. The smallest absolute Gasteiger partial charge is 0.256 e. The van der Waals surface area contributed by atoms with E-state index in [1.54, 1.807) is 26.2 Å². The minimum Gasteiger partial charge on any atom is -0.493 e. The maximum Gasteiger partial charge on any atom is 0.256 e. The molecule has 1 aliphatic heterocycles. The van der Waals surface area contributed by atoms with Crippen LogP contribution in [0.15, 0.2) is 30.3 Å². The summed E-state index contributed by atoms with van der Waals surface area (Å²) in [5, 5.41) is 0. The van der Waals surface area contributed by atoms with E-state index in [2.05, 4.69) is 4.90 Å². The first-order valence-electron chi connectivity index (χ1n) is 9.23. The van der Waals surface area contributed by atoms with Crippen molar-refractivity contribution in [3.63, 3.8) is 0 Å². The molecule has 0 bridgehead atoms. The normalized spacial score (nSPS) is 14.6. The number of amides is 1. The topological polar surface area (TPSA) is 51.2 Å². The van der Waals surface area contributed by atoms with Crippen LogP contribution in [0.3, 0.4) is 0 Å². The van der Waals surface area contributed by atoms with Crippen molar-refractivity contribution in [3.8, 4) is 17.2 Å². The van der Waals surface area contributed by atoms with Crippen molar-refractivity contribution in [2.75, 3.05) is 47.5 Å². The van der Waals surface area contributed by atoms with Crippen molar-refractivity contribution < 1.29 is 27.8 Å². The Morgan fingerprint density at radius 1 is 0.931 bits per heavy atom. The van der Waals surface area contributed by atoms with Crippen LogP contribution in [0.1, 0.15) is 15.9 Å². The fraction of sp³-hybridized carbons (Fsp3) is 0.381. The summed E-state index contributed by atoms with van der Waals surface area (Å²) in [6, 6.07) is 6.76. The summed E-state index contributed by atoms with van der Waals surface area (Å²) in [6.45, 7) is 2.74. The number of methoxy groups -OCH3 is 3. The van der Waals surface area contributed by atoms with Gasteiger partial charge in [0.2, 0.25) is 5.75 Å². The second-order valence-electron chi connectivity index (χ2n) is 6.69. The summed E-state index contributed by atoms with van der Waals surface area (Å²) in [5.41, 5.74) is 0.830. The average molecular weight is 406 g/mol. The molecule has 0 spiro atoms. The Labute approximate surface area is 168 Å². The first kappa shape index (κ1) is 20.9. The lowest BCUT2D eigenvalue weighted by atomic mass is 10.1. The summed E-state index contributed by atoms with van der Waals surface area (Å²) in [7, 11) is 4.70. The first-order chi connectivity index (χ1) is 14.0. The van der Waals surface area contributed by atoms with Crippen LogP contribution < -0.4 is 14.2 Å². The molecule has 0 unspecified atom stereocenters. The van der Waals surface area contributed by atoms with Crippen LogP contribution >= 0.6 is 0 Å². The van der Waals surface area contributed by atoms with E-state index < -0.39 is 17.5 Å². The predicted molar refractivity (Wildman–Crippen MR) is 104 cm³/mol. The zero-order valence-electron chi connectivity index (χ0n) is 16.7. The van der Waals surface area contributed by atoms with E-state index >= 15 is 0 Å². The number of piperazine rings is 1. The molecule has 1 saturated heterocycles. The van der Waals surface area contributed by atoms with Gasteiger partial charge in [0.15, 0.2) is 11.5 Å². The molecule has 0 saturated carbocycles. The van der Waals surface area contributed by atoms with Crippen molar-refractivity contribution in [1.82, 2.24) is 9.80 Å². The maximum atomic E-state index is 13.9. The van der Waals surface area contributed by atoms with Crippen molar-refractivity contribution in [2.45, 2.75) is 6.54 Å². The molecule has 0 aromatic heterocycles. The summed E-state index contributed by atoms with van der Waals surface area (Å²) in [6.07, 6.45) is 0. The van der Waals surface area contributed by atoms with Crippen molar-refractivity contribution in [2.24, 2.45) is 0 Å². The Balaban J connectivity index is 1.66. The van der Waals surface area contributed by atoms with Crippen LogP contribution in [0.5, 0.6) is 17.2 Å². The van der Waals surface area contributed by atoms with Gasteiger partial charge in [-0.25, -0.2) is 8.78 Å². The predicted octanol–water partition coefficient (Wildman–Crippen LogP) is 2.95. The number of hydrogen-bond acceptors (Lipinski definition) is 5. The van der Waals surface area contributed by atoms with Gasteiger partial charge in [-0.15, -0.1) is 0 Å². The Morgan fingerprint density at radius 2 is 1.62 bits per heavy atom. The Bertz CT molecular complexity index is 883. The van der Waals surface area contributed by atoms with E-state index in [0.717, 1.165) is 17.7 Å². The molecular formula is C21H24F2N2O4. The fourth-order valence-electron chi connectivity index (χ4n) is 3.47. The van der Waals surface area contributed by atoms with Crippen molar-refractivity contribution in [1.29, 1.82) is 0 Å². The molecule has 1 heterocycles. The lowest BCUT2D eigenvalue weighted by molar-refractivity contribution is 0.0622. The molecule has 1 amide bonds. The molecule has 0 N–H and O–H groups in total. The highest BCUT2D eigenvalue weighted by Crippen LogP contribution is 2.40. The molecule has 2 aromatic rings. The lowest BCUT2D eigenvalue weighted by Gasteiger charge is -2.35. The van der Waals surface area contributed by atoms with E-state index in [1.165, 1.54) is 6.07 Å². The number of halogens is 2. The van der Waals surface area contributed by atoms with E-state index in [0.29, 0.717) is 50.0 Å². The molecule has 0 radical (unpaired) electrons. The quantitative estimate of drug-likeness (QED) is 0.738. The summed E-state index contributed by atoms with van der Waals surface area (Å²) in [5.74, 6) is -0.234. The van der Waals surface area contributed by atoms with Gasteiger partial charge in [-0.3, -0.25) is 9.69 Å². The molecule has 29 heavy (non-hydrogen) atoms. The van der Waals surface area contributed by atoms with Crippen molar-refractivity contribution in [3.05, 3.63) is 53.1 Å². The molecule has 3 rings (SSSR count). The summed E-state index contributed by atoms with van der Waals surface area (Å²) in [4.78, 5) is 16.3. The Kier molecular flexibility index (Phi) is 6.53. The third kappa shape index (κ3) is 4.42. The first-order valence-corrected chi connectivity index (χ1v) is 9.23. The van der Waals surface area contributed by atoms with Gasteiger partial charge in [0.25, 0.3) is 5.91 Å². The number of nitrogens with zero attached hydrogens (tertiary/aromatic N) is 2. The summed E-state index contributed by atoms with van der Waals surface area (Å²) < 4.78 is 43.2. The van der Waals surface area contributed by atoms with Gasteiger partial charge in [-0.1, -0.05) is 6.07 Å².